The van der Waals surface area contributed by atoms with E-state index in [4.69, 9.17) is 4.74 Å². The Morgan fingerprint density at radius 3 is 2.18 bits per heavy atom. The Kier molecular flexibility index (Phi) is 5.29. The van der Waals surface area contributed by atoms with Crippen molar-refractivity contribution in [3.8, 4) is 5.75 Å². The number of fused-ring (bicyclic) bond motifs is 5. The maximum atomic E-state index is 13.0. The molecule has 28 heavy (non-hydrogen) atoms. The lowest BCUT2D eigenvalue weighted by Gasteiger charge is -2.28. The van der Waals surface area contributed by atoms with Crippen LogP contribution in [-0.2, 0) is 14.4 Å². The van der Waals surface area contributed by atoms with Crippen molar-refractivity contribution in [1.82, 2.24) is 4.90 Å². The van der Waals surface area contributed by atoms with Gasteiger partial charge in [-0.05, 0) is 56.4 Å². The molecule has 2 saturated carbocycles. The summed E-state index contributed by atoms with van der Waals surface area (Å²) < 4.78 is 5.39. The smallest absolute Gasteiger partial charge is 0.247 e. The van der Waals surface area contributed by atoms with E-state index in [9.17, 15) is 14.4 Å². The van der Waals surface area contributed by atoms with Gasteiger partial charge in [0, 0.05) is 15.3 Å². The Morgan fingerprint density at radius 1 is 1.14 bits per heavy atom. The number of nitrogens with one attached hydrogen (secondary N) is 1. The number of amides is 3. The minimum atomic E-state index is -0.848. The summed E-state index contributed by atoms with van der Waals surface area (Å²) in [4.78, 5) is 40.3. The van der Waals surface area contributed by atoms with Gasteiger partial charge in [0.2, 0.25) is 17.7 Å². The van der Waals surface area contributed by atoms with Crippen LogP contribution in [0.4, 0.5) is 5.69 Å². The molecule has 2 bridgehead atoms. The fourth-order valence-corrected chi connectivity index (χ4v) is 6.79. The van der Waals surface area contributed by atoms with Crippen LogP contribution in [-0.4, -0.2) is 44.9 Å². The van der Waals surface area contributed by atoms with Gasteiger partial charge in [0.25, 0.3) is 0 Å². The Balaban J connectivity index is 1.47. The number of rotatable bonds is 5. The maximum Gasteiger partial charge on any atom is 0.247 e. The van der Waals surface area contributed by atoms with E-state index in [1.165, 1.54) is 4.90 Å². The fourth-order valence-electron chi connectivity index (χ4n) is 4.92. The average molecular weight is 514 g/mol. The molecule has 1 heterocycles. The van der Waals surface area contributed by atoms with Crippen molar-refractivity contribution in [2.45, 2.75) is 36.0 Å². The first-order chi connectivity index (χ1) is 13.3. The standard InChI is InChI=1S/C20H22Br2N2O4/c1-3-28-11-6-4-10(5-7-11)23-18(25)9(2)24-19(26)14-12-8-13(15(14)20(24)27)17(22)16(12)21/h4-7,9,12-17H,3,8H2,1-2H3,(H,23,25)/t9-,12+,13+,14+,15+,16-,17+/m0/s1. The molecule has 7 atom stereocenters. The summed E-state index contributed by atoms with van der Waals surface area (Å²) in [6, 6.07) is 6.17. The van der Waals surface area contributed by atoms with Crippen molar-refractivity contribution in [3.05, 3.63) is 24.3 Å². The number of benzene rings is 1. The molecule has 0 aromatic heterocycles. The molecule has 2 aliphatic carbocycles. The summed E-state index contributed by atoms with van der Waals surface area (Å²) in [7, 11) is 0. The quantitative estimate of drug-likeness (QED) is 0.484. The lowest BCUT2D eigenvalue weighted by molar-refractivity contribution is -0.146. The second-order valence-electron chi connectivity index (χ2n) is 7.67. The lowest BCUT2D eigenvalue weighted by Crippen LogP contribution is -2.46. The summed E-state index contributed by atoms with van der Waals surface area (Å²) in [5, 5.41) is 2.79. The van der Waals surface area contributed by atoms with Gasteiger partial charge in [-0.2, -0.15) is 0 Å². The van der Waals surface area contributed by atoms with E-state index in [2.05, 4.69) is 37.2 Å². The number of likely N-dealkylation sites (tertiary alicyclic amines) is 1. The Morgan fingerprint density at radius 2 is 1.68 bits per heavy atom. The van der Waals surface area contributed by atoms with Gasteiger partial charge in [0.15, 0.2) is 0 Å². The van der Waals surface area contributed by atoms with Gasteiger partial charge in [0.1, 0.15) is 11.8 Å². The van der Waals surface area contributed by atoms with Gasteiger partial charge in [-0.25, -0.2) is 0 Å². The number of hydrogen-bond donors (Lipinski definition) is 1. The van der Waals surface area contributed by atoms with Crippen molar-refractivity contribution in [1.29, 1.82) is 0 Å². The number of ether oxygens (including phenoxy) is 1. The maximum absolute atomic E-state index is 13.0. The second-order valence-corrected chi connectivity index (χ2v) is 9.79. The first-order valence-electron chi connectivity index (χ1n) is 9.54. The molecule has 3 aliphatic rings. The van der Waals surface area contributed by atoms with Crippen LogP contribution in [0.2, 0.25) is 0 Å². The van der Waals surface area contributed by atoms with E-state index in [1.54, 1.807) is 31.2 Å². The molecule has 1 N–H and O–H groups in total. The first kappa shape index (κ1) is 19.9. The van der Waals surface area contributed by atoms with Gasteiger partial charge in [-0.15, -0.1) is 0 Å². The molecule has 0 spiro atoms. The van der Waals surface area contributed by atoms with Crippen LogP contribution < -0.4 is 10.1 Å². The molecule has 1 aromatic carbocycles. The van der Waals surface area contributed by atoms with Gasteiger partial charge in [-0.1, -0.05) is 31.9 Å². The molecule has 0 unspecified atom stereocenters. The molecule has 1 aromatic rings. The van der Waals surface area contributed by atoms with Gasteiger partial charge < -0.3 is 10.1 Å². The lowest BCUT2D eigenvalue weighted by atomic mass is 9.81. The van der Waals surface area contributed by atoms with Gasteiger partial charge in [-0.3, -0.25) is 19.3 Å². The van der Waals surface area contributed by atoms with Gasteiger partial charge >= 0.3 is 0 Å². The summed E-state index contributed by atoms with van der Waals surface area (Å²) in [6.07, 6.45) is 0.874. The largest absolute Gasteiger partial charge is 0.494 e. The molecule has 1 aliphatic heterocycles. The van der Waals surface area contributed by atoms with E-state index < -0.39 is 6.04 Å². The topological polar surface area (TPSA) is 75.7 Å². The van der Waals surface area contributed by atoms with Crippen LogP contribution in [0.15, 0.2) is 24.3 Å². The third-order valence-electron chi connectivity index (χ3n) is 6.22. The van der Waals surface area contributed by atoms with Crippen molar-refractivity contribution in [2.75, 3.05) is 11.9 Å². The van der Waals surface area contributed by atoms with Crippen molar-refractivity contribution < 1.29 is 19.1 Å². The van der Waals surface area contributed by atoms with Crippen LogP contribution >= 0.6 is 31.9 Å². The summed E-state index contributed by atoms with van der Waals surface area (Å²) in [5.41, 5.74) is 0.598. The highest BCUT2D eigenvalue weighted by molar-refractivity contribution is 9.12. The third kappa shape index (κ3) is 3.00. The first-order valence-corrected chi connectivity index (χ1v) is 11.4. The fraction of sp³-hybridized carbons (Fsp3) is 0.550. The van der Waals surface area contributed by atoms with Gasteiger partial charge in [0.05, 0.1) is 18.4 Å². The molecule has 8 heteroatoms. The molecular formula is C20H22Br2N2O4. The average Bonchev–Trinajstić information content (AvgIpc) is 3.28. The predicted molar refractivity (Wildman–Crippen MR) is 112 cm³/mol. The number of imide groups is 1. The Hall–Kier alpha value is -1.41. The molecule has 150 valence electrons. The summed E-state index contributed by atoms with van der Waals surface area (Å²) in [5.74, 6) is -0.405. The summed E-state index contributed by atoms with van der Waals surface area (Å²) in [6.45, 7) is 4.08. The molecule has 0 radical (unpaired) electrons. The zero-order valence-corrected chi connectivity index (χ0v) is 18.8. The van der Waals surface area contributed by atoms with E-state index in [-0.39, 0.29) is 51.0 Å². The van der Waals surface area contributed by atoms with E-state index >= 15 is 0 Å². The SMILES string of the molecule is CCOc1ccc(NC(=O)[C@H](C)N2C(=O)[C@@H]3[C@H]4C[C@@H]([C@@H](Br)[C@H]4Br)[C@H]3C2=O)cc1. The molecule has 1 saturated heterocycles. The number of carbonyl (C=O) groups excluding carboxylic acids is 3. The minimum absolute atomic E-state index is 0.141. The molecule has 3 fully saturated rings. The van der Waals surface area contributed by atoms with Crippen molar-refractivity contribution >= 4 is 55.3 Å². The number of halogens is 2. The number of anilines is 1. The number of carbonyl (C=O) groups is 3. The van der Waals surface area contributed by atoms with Crippen LogP contribution in [0, 0.1) is 23.7 Å². The predicted octanol–water partition coefficient (Wildman–Crippen LogP) is 3.19. The zero-order valence-electron chi connectivity index (χ0n) is 15.6. The summed E-state index contributed by atoms with van der Waals surface area (Å²) >= 11 is 7.35. The van der Waals surface area contributed by atoms with E-state index in [1.807, 2.05) is 6.92 Å². The van der Waals surface area contributed by atoms with Crippen LogP contribution in [0.25, 0.3) is 0 Å². The highest BCUT2D eigenvalue weighted by Crippen LogP contribution is 2.60. The highest BCUT2D eigenvalue weighted by Gasteiger charge is 2.67. The number of alkyl halides is 2. The normalized spacial score (nSPS) is 34.5. The molecule has 6 nitrogen and oxygen atoms in total. The van der Waals surface area contributed by atoms with E-state index in [0.717, 1.165) is 12.2 Å². The third-order valence-corrected chi connectivity index (χ3v) is 9.43. The zero-order chi connectivity index (χ0) is 20.2. The van der Waals surface area contributed by atoms with Crippen LogP contribution in [0.1, 0.15) is 20.3 Å². The Bertz CT molecular complexity index is 783. The molecule has 3 amide bonds. The Labute approximate surface area is 180 Å². The molecular weight excluding hydrogens is 492 g/mol. The number of nitrogens with zero attached hydrogens (tertiary/aromatic N) is 1. The highest BCUT2D eigenvalue weighted by atomic mass is 79.9. The van der Waals surface area contributed by atoms with Crippen LogP contribution in [0.3, 0.4) is 0 Å². The van der Waals surface area contributed by atoms with Crippen molar-refractivity contribution in [3.63, 3.8) is 0 Å². The van der Waals surface area contributed by atoms with Crippen molar-refractivity contribution in [2.24, 2.45) is 23.7 Å². The van der Waals surface area contributed by atoms with E-state index in [0.29, 0.717) is 12.3 Å². The number of hydrogen-bond acceptors (Lipinski definition) is 4. The second kappa shape index (κ2) is 7.44. The molecule has 4 rings (SSSR count). The minimum Gasteiger partial charge on any atom is -0.494 e. The monoisotopic (exact) mass is 512 g/mol. The van der Waals surface area contributed by atoms with Crippen LogP contribution in [0.5, 0.6) is 5.75 Å².